The number of rotatable bonds is 6. The van der Waals surface area contributed by atoms with Crippen LogP contribution in [0.1, 0.15) is 0 Å². The largest absolute Gasteiger partial charge is 0.311 e. The van der Waals surface area contributed by atoms with Crippen molar-refractivity contribution in [1.29, 1.82) is 0 Å². The smallest absolute Gasteiger partial charge is 0.0462 e. The van der Waals surface area contributed by atoms with Gasteiger partial charge in [-0.3, -0.25) is 0 Å². The standard InChI is InChI=1S/C52H33NS2/c1-2-10-34(11-3-1)35-20-27-39(28-21-35)53(40-29-22-37(23-30-40)43-15-8-17-46-45-14-6-7-19-49(45)54-50(43)46)41-31-24-38(25-32-41)44-16-9-18-47-48-33-26-36-12-4-5-13-42(36)52(48)55-51(44)47/h1-33H. The summed E-state index contributed by atoms with van der Waals surface area (Å²) < 4.78 is 5.35. The van der Waals surface area contributed by atoms with Gasteiger partial charge in [0.1, 0.15) is 0 Å². The maximum absolute atomic E-state index is 2.37. The topological polar surface area (TPSA) is 3.24 Å². The summed E-state index contributed by atoms with van der Waals surface area (Å²) in [6.45, 7) is 0. The van der Waals surface area contributed by atoms with E-state index in [-0.39, 0.29) is 0 Å². The molecule has 2 aromatic heterocycles. The minimum absolute atomic E-state index is 1.12. The third-order valence-corrected chi connectivity index (χ3v) is 13.4. The molecule has 3 heteroatoms. The highest BCUT2D eigenvalue weighted by atomic mass is 32.1. The molecular weight excluding hydrogens is 703 g/mol. The lowest BCUT2D eigenvalue weighted by Crippen LogP contribution is -2.09. The highest BCUT2D eigenvalue weighted by Crippen LogP contribution is 2.45. The van der Waals surface area contributed by atoms with Crippen LogP contribution in [0, 0.1) is 0 Å². The molecule has 0 aliphatic rings. The minimum Gasteiger partial charge on any atom is -0.311 e. The third-order valence-electron chi connectivity index (χ3n) is 10.9. The Morgan fingerprint density at radius 2 is 0.745 bits per heavy atom. The highest BCUT2D eigenvalue weighted by Gasteiger charge is 2.17. The summed E-state index contributed by atoms with van der Waals surface area (Å²) in [4.78, 5) is 2.37. The Hall–Kier alpha value is -6.52. The van der Waals surface area contributed by atoms with E-state index in [1.807, 2.05) is 22.7 Å². The van der Waals surface area contributed by atoms with Gasteiger partial charge in [-0.2, -0.15) is 0 Å². The summed E-state index contributed by atoms with van der Waals surface area (Å²) in [5.74, 6) is 0. The third kappa shape index (κ3) is 5.43. The quantitative estimate of drug-likeness (QED) is 0.164. The summed E-state index contributed by atoms with van der Waals surface area (Å²) in [6.07, 6.45) is 0. The number of hydrogen-bond donors (Lipinski definition) is 0. The molecule has 9 aromatic carbocycles. The number of benzene rings is 9. The Morgan fingerprint density at radius 1 is 0.273 bits per heavy atom. The zero-order valence-corrected chi connectivity index (χ0v) is 31.4. The summed E-state index contributed by atoms with van der Waals surface area (Å²) in [5.41, 5.74) is 10.8. The first-order valence-corrected chi connectivity index (χ1v) is 20.3. The number of thiophene rings is 2. The molecule has 0 saturated carbocycles. The van der Waals surface area contributed by atoms with Crippen molar-refractivity contribution < 1.29 is 0 Å². The maximum atomic E-state index is 2.37. The molecule has 11 aromatic rings. The van der Waals surface area contributed by atoms with Gasteiger partial charge in [-0.15, -0.1) is 22.7 Å². The van der Waals surface area contributed by atoms with Crippen LogP contribution in [-0.2, 0) is 0 Å². The van der Waals surface area contributed by atoms with Crippen molar-refractivity contribution in [3.8, 4) is 33.4 Å². The summed E-state index contributed by atoms with van der Waals surface area (Å²) in [5, 5.41) is 7.90. The Labute approximate surface area is 327 Å². The molecule has 0 aliphatic heterocycles. The van der Waals surface area contributed by atoms with Crippen molar-refractivity contribution >= 4 is 90.9 Å². The molecular formula is C52H33NS2. The number of anilines is 3. The summed E-state index contributed by atoms with van der Waals surface area (Å²) in [7, 11) is 0. The molecule has 0 aliphatic carbocycles. The molecule has 0 N–H and O–H groups in total. The number of fused-ring (bicyclic) bond motifs is 8. The molecule has 11 rings (SSSR count). The minimum atomic E-state index is 1.12. The van der Waals surface area contributed by atoms with E-state index in [2.05, 4.69) is 205 Å². The first-order valence-electron chi connectivity index (χ1n) is 18.7. The second kappa shape index (κ2) is 13.1. The van der Waals surface area contributed by atoms with Gasteiger partial charge in [0.05, 0.1) is 0 Å². The van der Waals surface area contributed by atoms with Crippen LogP contribution in [0.2, 0.25) is 0 Å². The molecule has 258 valence electrons. The lowest BCUT2D eigenvalue weighted by Gasteiger charge is -2.26. The van der Waals surface area contributed by atoms with E-state index in [9.17, 15) is 0 Å². The monoisotopic (exact) mass is 735 g/mol. The maximum Gasteiger partial charge on any atom is 0.0462 e. The van der Waals surface area contributed by atoms with Gasteiger partial charge in [-0.1, -0.05) is 158 Å². The van der Waals surface area contributed by atoms with Crippen molar-refractivity contribution in [1.82, 2.24) is 0 Å². The van der Waals surface area contributed by atoms with E-state index in [1.165, 1.54) is 84.5 Å². The van der Waals surface area contributed by atoms with Crippen LogP contribution in [0.15, 0.2) is 200 Å². The SMILES string of the molecule is c1ccc(-c2ccc(N(c3ccc(-c4cccc5c4sc4ccccc45)cc3)c3ccc(-c4cccc5c4sc4c6ccccc6ccc54)cc3)cc2)cc1. The van der Waals surface area contributed by atoms with Crippen molar-refractivity contribution in [3.05, 3.63) is 200 Å². The second-order valence-electron chi connectivity index (χ2n) is 14.1. The molecule has 0 radical (unpaired) electrons. The van der Waals surface area contributed by atoms with Gasteiger partial charge >= 0.3 is 0 Å². The van der Waals surface area contributed by atoms with Crippen LogP contribution in [0.4, 0.5) is 17.1 Å². The fourth-order valence-corrected chi connectivity index (χ4v) is 10.8. The molecule has 0 saturated heterocycles. The average molecular weight is 736 g/mol. The summed E-state index contributed by atoms with van der Waals surface area (Å²) in [6, 6.07) is 73.2. The van der Waals surface area contributed by atoms with Crippen LogP contribution in [-0.4, -0.2) is 0 Å². The van der Waals surface area contributed by atoms with Gasteiger partial charge in [0.2, 0.25) is 0 Å². The fraction of sp³-hybridized carbons (Fsp3) is 0. The molecule has 0 fully saturated rings. The van der Waals surface area contributed by atoms with Crippen molar-refractivity contribution in [2.45, 2.75) is 0 Å². The highest BCUT2D eigenvalue weighted by molar-refractivity contribution is 7.27. The zero-order valence-electron chi connectivity index (χ0n) is 29.8. The molecule has 2 heterocycles. The normalized spacial score (nSPS) is 11.6. The Morgan fingerprint density at radius 3 is 1.40 bits per heavy atom. The van der Waals surface area contributed by atoms with E-state index in [0.29, 0.717) is 0 Å². The van der Waals surface area contributed by atoms with Gasteiger partial charge < -0.3 is 4.90 Å². The molecule has 0 atom stereocenters. The van der Waals surface area contributed by atoms with Crippen molar-refractivity contribution in [3.63, 3.8) is 0 Å². The molecule has 1 nitrogen and oxygen atoms in total. The first kappa shape index (κ1) is 32.0. The second-order valence-corrected chi connectivity index (χ2v) is 16.1. The predicted molar refractivity (Wildman–Crippen MR) is 241 cm³/mol. The average Bonchev–Trinajstić information content (AvgIpc) is 3.84. The number of nitrogens with zero attached hydrogens (tertiary/aromatic N) is 1. The van der Waals surface area contributed by atoms with Gasteiger partial charge in [0.25, 0.3) is 0 Å². The van der Waals surface area contributed by atoms with Crippen LogP contribution in [0.25, 0.3) is 84.5 Å². The van der Waals surface area contributed by atoms with E-state index in [0.717, 1.165) is 17.1 Å². The van der Waals surface area contributed by atoms with Gasteiger partial charge in [-0.05, 0) is 86.6 Å². The lowest BCUT2D eigenvalue weighted by molar-refractivity contribution is 1.28. The van der Waals surface area contributed by atoms with Crippen molar-refractivity contribution in [2.24, 2.45) is 0 Å². The van der Waals surface area contributed by atoms with Crippen LogP contribution in [0.3, 0.4) is 0 Å². The van der Waals surface area contributed by atoms with E-state index < -0.39 is 0 Å². The van der Waals surface area contributed by atoms with E-state index in [4.69, 9.17) is 0 Å². The molecule has 0 spiro atoms. The van der Waals surface area contributed by atoms with E-state index >= 15 is 0 Å². The zero-order chi connectivity index (χ0) is 36.3. The van der Waals surface area contributed by atoms with Crippen LogP contribution >= 0.6 is 22.7 Å². The Balaban J connectivity index is 1.00. The fourth-order valence-electron chi connectivity index (χ4n) is 8.19. The molecule has 55 heavy (non-hydrogen) atoms. The summed E-state index contributed by atoms with van der Waals surface area (Å²) >= 11 is 3.79. The molecule has 0 amide bonds. The number of hydrogen-bond acceptors (Lipinski definition) is 3. The van der Waals surface area contributed by atoms with E-state index in [1.54, 1.807) is 0 Å². The molecule has 0 unspecified atom stereocenters. The Kier molecular flexibility index (Phi) is 7.61. The van der Waals surface area contributed by atoms with Gasteiger partial charge in [0.15, 0.2) is 0 Å². The van der Waals surface area contributed by atoms with Crippen molar-refractivity contribution in [2.75, 3.05) is 4.90 Å². The van der Waals surface area contributed by atoms with Gasteiger partial charge in [0, 0.05) is 57.4 Å². The van der Waals surface area contributed by atoms with Gasteiger partial charge in [-0.25, -0.2) is 0 Å². The van der Waals surface area contributed by atoms with Crippen LogP contribution < -0.4 is 4.90 Å². The lowest BCUT2D eigenvalue weighted by atomic mass is 10.0. The van der Waals surface area contributed by atoms with Crippen LogP contribution in [0.5, 0.6) is 0 Å². The Bertz CT molecular complexity index is 3170. The molecule has 0 bridgehead atoms. The first-order chi connectivity index (χ1) is 27.3. The predicted octanol–water partition coefficient (Wildman–Crippen LogP) is 16.0.